The summed E-state index contributed by atoms with van der Waals surface area (Å²) in [5, 5.41) is 0. The summed E-state index contributed by atoms with van der Waals surface area (Å²) in [6, 6.07) is 3.78. The molecule has 0 radical (unpaired) electrons. The number of anilines is 1. The first-order valence-corrected chi connectivity index (χ1v) is 11.2. The van der Waals surface area contributed by atoms with Crippen molar-refractivity contribution in [3.63, 3.8) is 0 Å². The van der Waals surface area contributed by atoms with Crippen LogP contribution in [0.4, 0.5) is 5.82 Å². The van der Waals surface area contributed by atoms with Crippen LogP contribution in [0.25, 0.3) is 11.7 Å². The summed E-state index contributed by atoms with van der Waals surface area (Å²) in [4.78, 5) is 35.3. The fraction of sp³-hybridized carbons (Fsp3) is 0.429. The summed E-state index contributed by atoms with van der Waals surface area (Å²) in [7, 11) is 1.59. The van der Waals surface area contributed by atoms with E-state index in [0.717, 1.165) is 31.5 Å². The fourth-order valence-corrected chi connectivity index (χ4v) is 5.07. The standard InChI is InChI=1S/C21H24N4O3S2/c1-14-7-6-10-24-17(14)22-18(23-8-4-3-5-9-23)15(19(24)26)13-16-20(27)25(11-12-28-2)21(29)30-16/h6-7,10,13H,3-5,8-9,11-12H2,1-2H3/b16-13-. The summed E-state index contributed by atoms with van der Waals surface area (Å²) in [5.74, 6) is 0.455. The molecule has 7 nitrogen and oxygen atoms in total. The predicted molar refractivity (Wildman–Crippen MR) is 124 cm³/mol. The molecule has 0 atom stereocenters. The zero-order valence-electron chi connectivity index (χ0n) is 17.1. The molecule has 0 aromatic carbocycles. The van der Waals surface area contributed by atoms with E-state index < -0.39 is 0 Å². The van der Waals surface area contributed by atoms with E-state index in [1.54, 1.807) is 23.8 Å². The number of amides is 1. The largest absolute Gasteiger partial charge is 0.383 e. The van der Waals surface area contributed by atoms with Crippen molar-refractivity contribution >= 4 is 51.7 Å². The Morgan fingerprint density at radius 1 is 1.27 bits per heavy atom. The molecule has 30 heavy (non-hydrogen) atoms. The highest BCUT2D eigenvalue weighted by Crippen LogP contribution is 2.33. The van der Waals surface area contributed by atoms with Crippen molar-refractivity contribution < 1.29 is 9.53 Å². The Morgan fingerprint density at radius 2 is 2.03 bits per heavy atom. The Labute approximate surface area is 184 Å². The number of aryl methyl sites for hydroxylation is 1. The van der Waals surface area contributed by atoms with Gasteiger partial charge in [0.1, 0.15) is 15.8 Å². The number of carbonyl (C=O) groups is 1. The van der Waals surface area contributed by atoms with Crippen LogP contribution in [0.1, 0.15) is 30.4 Å². The molecular weight excluding hydrogens is 420 g/mol. The number of methoxy groups -OCH3 is 1. The lowest BCUT2D eigenvalue weighted by Gasteiger charge is -2.29. The van der Waals surface area contributed by atoms with Gasteiger partial charge in [0.25, 0.3) is 11.5 Å². The number of thioether (sulfide) groups is 1. The maximum Gasteiger partial charge on any atom is 0.267 e. The molecule has 158 valence electrons. The number of carbonyl (C=O) groups excluding carboxylic acids is 1. The summed E-state index contributed by atoms with van der Waals surface area (Å²) in [6.45, 7) is 4.44. The molecule has 2 saturated heterocycles. The van der Waals surface area contributed by atoms with Gasteiger partial charge in [-0.1, -0.05) is 30.0 Å². The Kier molecular flexibility index (Phi) is 6.21. The van der Waals surface area contributed by atoms with Crippen LogP contribution in [-0.2, 0) is 9.53 Å². The smallest absolute Gasteiger partial charge is 0.267 e. The number of ether oxygens (including phenoxy) is 1. The van der Waals surface area contributed by atoms with Crippen molar-refractivity contribution in [3.05, 3.63) is 44.7 Å². The van der Waals surface area contributed by atoms with Gasteiger partial charge in [-0.25, -0.2) is 4.98 Å². The van der Waals surface area contributed by atoms with E-state index in [0.29, 0.717) is 39.4 Å². The Hall–Kier alpha value is -2.23. The van der Waals surface area contributed by atoms with E-state index in [1.165, 1.54) is 23.1 Å². The molecule has 4 heterocycles. The molecule has 2 fully saturated rings. The van der Waals surface area contributed by atoms with Crippen molar-refractivity contribution in [1.82, 2.24) is 14.3 Å². The predicted octanol–water partition coefficient (Wildman–Crippen LogP) is 2.84. The van der Waals surface area contributed by atoms with Gasteiger partial charge in [-0.15, -0.1) is 0 Å². The Morgan fingerprint density at radius 3 is 2.77 bits per heavy atom. The van der Waals surface area contributed by atoms with E-state index in [9.17, 15) is 9.59 Å². The molecule has 2 aromatic rings. The van der Waals surface area contributed by atoms with Crippen molar-refractivity contribution in [2.75, 3.05) is 38.3 Å². The van der Waals surface area contributed by atoms with Crippen LogP contribution in [0.5, 0.6) is 0 Å². The molecule has 4 rings (SSSR count). The minimum absolute atomic E-state index is 0.175. The number of piperidine rings is 1. The Balaban J connectivity index is 1.84. The maximum absolute atomic E-state index is 13.4. The van der Waals surface area contributed by atoms with Gasteiger partial charge in [0.15, 0.2) is 0 Å². The van der Waals surface area contributed by atoms with Gasteiger partial charge in [0.2, 0.25) is 0 Å². The summed E-state index contributed by atoms with van der Waals surface area (Å²) < 4.78 is 7.11. The molecule has 2 aromatic heterocycles. The summed E-state index contributed by atoms with van der Waals surface area (Å²) in [5.41, 5.74) is 1.84. The van der Waals surface area contributed by atoms with Crippen LogP contribution >= 0.6 is 24.0 Å². The number of thiocarbonyl (C=S) groups is 1. The first-order chi connectivity index (χ1) is 14.5. The average molecular weight is 445 g/mol. The normalized spacial score (nSPS) is 18.8. The minimum atomic E-state index is -0.194. The molecule has 0 N–H and O–H groups in total. The second-order valence-electron chi connectivity index (χ2n) is 7.41. The van der Waals surface area contributed by atoms with E-state index in [2.05, 4.69) is 4.90 Å². The lowest BCUT2D eigenvalue weighted by Crippen LogP contribution is -2.34. The number of pyridine rings is 1. The minimum Gasteiger partial charge on any atom is -0.383 e. The average Bonchev–Trinajstić information content (AvgIpc) is 3.02. The molecule has 2 aliphatic heterocycles. The highest BCUT2D eigenvalue weighted by atomic mass is 32.2. The second-order valence-corrected chi connectivity index (χ2v) is 9.09. The highest BCUT2D eigenvalue weighted by Gasteiger charge is 2.32. The van der Waals surface area contributed by atoms with Crippen LogP contribution in [0, 0.1) is 6.92 Å². The monoisotopic (exact) mass is 444 g/mol. The van der Waals surface area contributed by atoms with Gasteiger partial charge in [-0.05, 0) is 43.9 Å². The quantitative estimate of drug-likeness (QED) is 0.519. The van der Waals surface area contributed by atoms with Gasteiger partial charge in [0.05, 0.1) is 23.6 Å². The molecule has 0 bridgehead atoms. The Bertz CT molecular complexity index is 1090. The zero-order chi connectivity index (χ0) is 21.3. The first kappa shape index (κ1) is 21.0. The van der Waals surface area contributed by atoms with Crippen LogP contribution in [0.2, 0.25) is 0 Å². The number of fused-ring (bicyclic) bond motifs is 1. The van der Waals surface area contributed by atoms with Gasteiger partial charge < -0.3 is 9.64 Å². The zero-order valence-corrected chi connectivity index (χ0v) is 18.7. The third-order valence-electron chi connectivity index (χ3n) is 5.39. The lowest BCUT2D eigenvalue weighted by atomic mass is 10.1. The van der Waals surface area contributed by atoms with Crippen LogP contribution in [-0.4, -0.2) is 57.9 Å². The number of nitrogens with zero attached hydrogens (tertiary/aromatic N) is 4. The molecule has 0 unspecified atom stereocenters. The SMILES string of the molecule is COCCN1C(=O)/C(=C/c2c(N3CCCCC3)nc3c(C)cccn3c2=O)SC1=S. The summed E-state index contributed by atoms with van der Waals surface area (Å²) >= 11 is 6.59. The summed E-state index contributed by atoms with van der Waals surface area (Å²) in [6.07, 6.45) is 6.69. The van der Waals surface area contributed by atoms with Crippen LogP contribution < -0.4 is 10.5 Å². The van der Waals surface area contributed by atoms with Crippen LogP contribution in [0.15, 0.2) is 28.0 Å². The van der Waals surface area contributed by atoms with Crippen molar-refractivity contribution in [1.29, 1.82) is 0 Å². The molecule has 9 heteroatoms. The molecule has 0 spiro atoms. The number of aromatic nitrogens is 2. The van der Waals surface area contributed by atoms with E-state index in [-0.39, 0.29) is 11.5 Å². The van der Waals surface area contributed by atoms with Crippen molar-refractivity contribution in [2.24, 2.45) is 0 Å². The molecule has 2 aliphatic rings. The highest BCUT2D eigenvalue weighted by molar-refractivity contribution is 8.26. The third-order valence-corrected chi connectivity index (χ3v) is 6.77. The topological polar surface area (TPSA) is 67.2 Å². The number of rotatable bonds is 5. The molecule has 0 saturated carbocycles. The number of hydrogen-bond acceptors (Lipinski definition) is 7. The van der Waals surface area contributed by atoms with E-state index in [4.69, 9.17) is 21.9 Å². The molecule has 0 aliphatic carbocycles. The van der Waals surface area contributed by atoms with Gasteiger partial charge in [0, 0.05) is 26.4 Å². The first-order valence-electron chi connectivity index (χ1n) is 10.0. The molecule has 1 amide bonds. The lowest BCUT2D eigenvalue weighted by molar-refractivity contribution is -0.122. The van der Waals surface area contributed by atoms with Gasteiger partial charge in [-0.3, -0.25) is 18.9 Å². The van der Waals surface area contributed by atoms with Gasteiger partial charge >= 0.3 is 0 Å². The van der Waals surface area contributed by atoms with Crippen LogP contribution in [0.3, 0.4) is 0 Å². The van der Waals surface area contributed by atoms with Crippen molar-refractivity contribution in [3.8, 4) is 0 Å². The fourth-order valence-electron chi connectivity index (χ4n) is 3.78. The number of hydrogen-bond donors (Lipinski definition) is 0. The maximum atomic E-state index is 13.4. The van der Waals surface area contributed by atoms with E-state index >= 15 is 0 Å². The van der Waals surface area contributed by atoms with Gasteiger partial charge in [-0.2, -0.15) is 0 Å². The van der Waals surface area contributed by atoms with Crippen molar-refractivity contribution in [2.45, 2.75) is 26.2 Å². The van der Waals surface area contributed by atoms with E-state index in [1.807, 2.05) is 19.1 Å². The molecular formula is C21H24N4O3S2. The second kappa shape index (κ2) is 8.87. The third kappa shape index (κ3) is 3.89.